The maximum absolute atomic E-state index is 13.7. The van der Waals surface area contributed by atoms with Gasteiger partial charge in [-0.15, -0.1) is 0 Å². The van der Waals surface area contributed by atoms with Gasteiger partial charge < -0.3 is 20.2 Å². The van der Waals surface area contributed by atoms with E-state index < -0.39 is 6.04 Å². The number of hydrogen-bond acceptors (Lipinski definition) is 6. The summed E-state index contributed by atoms with van der Waals surface area (Å²) in [6, 6.07) is 11.9. The van der Waals surface area contributed by atoms with Crippen molar-refractivity contribution in [1.82, 2.24) is 25.6 Å². The third-order valence-corrected chi connectivity index (χ3v) is 7.23. The summed E-state index contributed by atoms with van der Waals surface area (Å²) in [5, 5.41) is 14.4. The van der Waals surface area contributed by atoms with Crippen molar-refractivity contribution in [2.24, 2.45) is 5.92 Å². The van der Waals surface area contributed by atoms with E-state index in [-0.39, 0.29) is 54.7 Å². The van der Waals surface area contributed by atoms with Crippen LogP contribution in [0.5, 0.6) is 5.75 Å². The minimum absolute atomic E-state index is 0.0704. The van der Waals surface area contributed by atoms with Crippen LogP contribution in [0.15, 0.2) is 48.5 Å². The van der Waals surface area contributed by atoms with Crippen LogP contribution in [0.25, 0.3) is 0 Å². The molecule has 2 atom stereocenters. The molecule has 0 bridgehead atoms. The van der Waals surface area contributed by atoms with E-state index in [9.17, 15) is 23.9 Å². The van der Waals surface area contributed by atoms with Gasteiger partial charge in [0.25, 0.3) is 0 Å². The number of nitrogens with one attached hydrogen (secondary N) is 2. The number of hydrazine groups is 1. The third kappa shape index (κ3) is 7.29. The highest BCUT2D eigenvalue weighted by molar-refractivity contribution is 5.88. The summed E-state index contributed by atoms with van der Waals surface area (Å²) in [7, 11) is 1.90. The number of phenols is 1. The van der Waals surface area contributed by atoms with Crippen molar-refractivity contribution in [2.45, 2.75) is 38.3 Å². The Morgan fingerprint density at radius 3 is 2.50 bits per heavy atom. The standard InChI is InChI=1S/C28H36FN5O4/c1-32-19-22(18-31-32)27(28(38)30-17-21-4-9-23(29)10-5-21)34(16-15-33-14-2-3-25(33)36)26(37)13-8-20-6-11-24(35)12-7-20/h4-7,9-12,22,27,31,35H,2-3,8,13-19H2,1H3,(H,30,38). The lowest BCUT2D eigenvalue weighted by Gasteiger charge is -2.35. The lowest BCUT2D eigenvalue weighted by atomic mass is 9.96. The van der Waals surface area contributed by atoms with E-state index in [0.717, 1.165) is 17.5 Å². The molecule has 10 heteroatoms. The number of benzene rings is 2. The van der Waals surface area contributed by atoms with E-state index in [1.165, 1.54) is 12.1 Å². The minimum atomic E-state index is -0.738. The lowest BCUT2D eigenvalue weighted by molar-refractivity contribution is -0.143. The number of aromatic hydroxyl groups is 1. The molecule has 2 aliphatic heterocycles. The number of hydrogen-bond donors (Lipinski definition) is 3. The van der Waals surface area contributed by atoms with Gasteiger partial charge in [-0.3, -0.25) is 19.8 Å². The van der Waals surface area contributed by atoms with Crippen molar-refractivity contribution in [3.63, 3.8) is 0 Å². The fourth-order valence-electron chi connectivity index (χ4n) is 5.12. The monoisotopic (exact) mass is 525 g/mol. The highest BCUT2D eigenvalue weighted by Crippen LogP contribution is 2.20. The number of amides is 3. The van der Waals surface area contributed by atoms with Gasteiger partial charge in [0.1, 0.15) is 17.6 Å². The molecule has 2 aromatic rings. The second-order valence-corrected chi connectivity index (χ2v) is 10.0. The van der Waals surface area contributed by atoms with Gasteiger partial charge in [0.15, 0.2) is 0 Å². The van der Waals surface area contributed by atoms with Crippen LogP contribution in [0.3, 0.4) is 0 Å². The largest absolute Gasteiger partial charge is 0.508 e. The van der Waals surface area contributed by atoms with Gasteiger partial charge in [-0.25, -0.2) is 9.40 Å². The molecule has 2 unspecified atom stereocenters. The van der Waals surface area contributed by atoms with E-state index in [4.69, 9.17) is 0 Å². The number of rotatable bonds is 11. The molecule has 3 N–H and O–H groups in total. The number of phenolic OH excluding ortho intramolecular Hbond substituents is 1. The van der Waals surface area contributed by atoms with Crippen molar-refractivity contribution >= 4 is 17.7 Å². The Balaban J connectivity index is 1.52. The molecular weight excluding hydrogens is 489 g/mol. The molecule has 2 saturated heterocycles. The molecule has 2 aliphatic rings. The molecule has 0 aliphatic carbocycles. The summed E-state index contributed by atoms with van der Waals surface area (Å²) in [5.74, 6) is -0.711. The van der Waals surface area contributed by atoms with E-state index >= 15 is 0 Å². The zero-order valence-corrected chi connectivity index (χ0v) is 21.7. The molecule has 38 heavy (non-hydrogen) atoms. The average Bonchev–Trinajstić information content (AvgIpc) is 3.52. The predicted molar refractivity (Wildman–Crippen MR) is 140 cm³/mol. The summed E-state index contributed by atoms with van der Waals surface area (Å²) in [4.78, 5) is 43.0. The highest BCUT2D eigenvalue weighted by atomic mass is 19.1. The third-order valence-electron chi connectivity index (χ3n) is 7.23. The van der Waals surface area contributed by atoms with E-state index in [1.54, 1.807) is 46.2 Å². The average molecular weight is 526 g/mol. The van der Waals surface area contributed by atoms with Gasteiger partial charge in [-0.2, -0.15) is 0 Å². The van der Waals surface area contributed by atoms with E-state index in [0.29, 0.717) is 39.0 Å². The molecule has 3 amide bonds. The van der Waals surface area contributed by atoms with Gasteiger partial charge >= 0.3 is 0 Å². The van der Waals surface area contributed by atoms with Crippen LogP contribution in [0, 0.1) is 11.7 Å². The summed E-state index contributed by atoms with van der Waals surface area (Å²) in [6.07, 6.45) is 1.96. The lowest BCUT2D eigenvalue weighted by Crippen LogP contribution is -2.56. The van der Waals surface area contributed by atoms with Crippen LogP contribution in [-0.2, 0) is 27.3 Å². The molecule has 2 fully saturated rings. The first-order valence-electron chi connectivity index (χ1n) is 13.1. The Labute approximate surface area is 222 Å². The first kappa shape index (κ1) is 27.5. The maximum atomic E-state index is 13.7. The number of nitrogens with zero attached hydrogens (tertiary/aromatic N) is 3. The van der Waals surface area contributed by atoms with Crippen LogP contribution in [0.2, 0.25) is 0 Å². The molecule has 0 radical (unpaired) electrons. The number of halogens is 1. The zero-order chi connectivity index (χ0) is 27.1. The predicted octanol–water partition coefficient (Wildman–Crippen LogP) is 1.67. The molecule has 0 spiro atoms. The van der Waals surface area contributed by atoms with Crippen LogP contribution in [0.4, 0.5) is 4.39 Å². The highest BCUT2D eigenvalue weighted by Gasteiger charge is 2.39. The second-order valence-electron chi connectivity index (χ2n) is 10.0. The Kier molecular flexibility index (Phi) is 9.30. The molecule has 2 heterocycles. The van der Waals surface area contributed by atoms with Gasteiger partial charge in [0.2, 0.25) is 17.7 Å². The van der Waals surface area contributed by atoms with Crippen molar-refractivity contribution < 1.29 is 23.9 Å². The summed E-state index contributed by atoms with van der Waals surface area (Å²) in [5.41, 5.74) is 4.90. The van der Waals surface area contributed by atoms with Gasteiger partial charge in [-0.05, 0) is 48.2 Å². The van der Waals surface area contributed by atoms with E-state index in [1.807, 2.05) is 12.1 Å². The van der Waals surface area contributed by atoms with Crippen LogP contribution < -0.4 is 10.7 Å². The summed E-state index contributed by atoms with van der Waals surface area (Å²) < 4.78 is 13.3. The Bertz CT molecular complexity index is 1110. The molecule has 0 saturated carbocycles. The molecule has 0 aromatic heterocycles. The fourth-order valence-corrected chi connectivity index (χ4v) is 5.12. The second kappa shape index (κ2) is 12.8. The minimum Gasteiger partial charge on any atom is -0.508 e. The quantitative estimate of drug-likeness (QED) is 0.412. The zero-order valence-electron chi connectivity index (χ0n) is 21.7. The SMILES string of the molecule is CN1CC(C(C(=O)NCc2ccc(F)cc2)N(CCN2CCCC2=O)C(=O)CCc2ccc(O)cc2)CN1. The number of carbonyl (C=O) groups excluding carboxylic acids is 3. The van der Waals surface area contributed by atoms with Crippen LogP contribution >= 0.6 is 0 Å². The number of aryl methyl sites for hydroxylation is 1. The van der Waals surface area contributed by atoms with Crippen molar-refractivity contribution in [1.29, 1.82) is 0 Å². The fraction of sp³-hybridized carbons (Fsp3) is 0.464. The van der Waals surface area contributed by atoms with E-state index in [2.05, 4.69) is 10.7 Å². The normalized spacial score (nSPS) is 18.5. The molecule has 4 rings (SSSR count). The van der Waals surface area contributed by atoms with Gasteiger partial charge in [0, 0.05) is 65.1 Å². The van der Waals surface area contributed by atoms with Crippen LogP contribution in [0.1, 0.15) is 30.4 Å². The maximum Gasteiger partial charge on any atom is 0.243 e. The molecule has 2 aromatic carbocycles. The first-order valence-corrected chi connectivity index (χ1v) is 13.1. The summed E-state index contributed by atoms with van der Waals surface area (Å²) >= 11 is 0. The van der Waals surface area contributed by atoms with Gasteiger partial charge in [0.05, 0.1) is 0 Å². The molecule has 9 nitrogen and oxygen atoms in total. The molecular formula is C28H36FN5O4. The Morgan fingerprint density at radius 1 is 1.16 bits per heavy atom. The van der Waals surface area contributed by atoms with Crippen molar-refractivity contribution in [3.05, 3.63) is 65.5 Å². The smallest absolute Gasteiger partial charge is 0.243 e. The number of likely N-dealkylation sites (tertiary alicyclic amines) is 1. The first-order chi connectivity index (χ1) is 18.3. The Morgan fingerprint density at radius 2 is 1.87 bits per heavy atom. The molecule has 204 valence electrons. The Hall–Kier alpha value is -3.50. The summed E-state index contributed by atoms with van der Waals surface area (Å²) in [6.45, 7) is 2.63. The topological polar surface area (TPSA) is 105 Å². The van der Waals surface area contributed by atoms with Crippen molar-refractivity contribution in [3.8, 4) is 5.75 Å². The van der Waals surface area contributed by atoms with Gasteiger partial charge in [-0.1, -0.05) is 24.3 Å². The number of carbonyl (C=O) groups is 3. The van der Waals surface area contributed by atoms with Crippen LogP contribution in [-0.4, -0.2) is 83.5 Å². The van der Waals surface area contributed by atoms with Crippen molar-refractivity contribution in [2.75, 3.05) is 39.8 Å².